The Labute approximate surface area is 131 Å². The second-order valence-corrected chi connectivity index (χ2v) is 6.16. The predicted octanol–water partition coefficient (Wildman–Crippen LogP) is 3.75. The molecule has 0 atom stereocenters. The molecule has 0 spiro atoms. The standard InChI is InChI=1S/C18H21NOS/c1-14-8-9-15(2)17(12-14)21-13-18(20)19-11-10-16-6-4-3-5-7-16/h3-9,12H,10-11,13H2,1-2H3,(H,19,20). The highest BCUT2D eigenvalue weighted by Crippen LogP contribution is 2.23. The van der Waals surface area contributed by atoms with Crippen LogP contribution in [0.4, 0.5) is 0 Å². The lowest BCUT2D eigenvalue weighted by atomic mass is 10.1. The summed E-state index contributed by atoms with van der Waals surface area (Å²) in [5.41, 5.74) is 3.70. The molecule has 1 amide bonds. The van der Waals surface area contributed by atoms with Crippen LogP contribution in [0.15, 0.2) is 53.4 Å². The lowest BCUT2D eigenvalue weighted by molar-refractivity contribution is -0.118. The van der Waals surface area contributed by atoms with Crippen LogP contribution in [0, 0.1) is 13.8 Å². The summed E-state index contributed by atoms with van der Waals surface area (Å²) in [6.45, 7) is 4.84. The fraction of sp³-hybridized carbons (Fsp3) is 0.278. The first-order chi connectivity index (χ1) is 10.1. The van der Waals surface area contributed by atoms with Crippen molar-refractivity contribution in [1.29, 1.82) is 0 Å². The minimum atomic E-state index is 0.0943. The van der Waals surface area contributed by atoms with Crippen molar-refractivity contribution in [1.82, 2.24) is 5.32 Å². The highest BCUT2D eigenvalue weighted by Gasteiger charge is 2.05. The zero-order valence-electron chi connectivity index (χ0n) is 12.6. The number of thioether (sulfide) groups is 1. The molecule has 2 rings (SSSR count). The Morgan fingerprint density at radius 3 is 2.62 bits per heavy atom. The van der Waals surface area contributed by atoms with E-state index in [9.17, 15) is 4.79 Å². The van der Waals surface area contributed by atoms with Gasteiger partial charge >= 0.3 is 0 Å². The highest BCUT2D eigenvalue weighted by molar-refractivity contribution is 8.00. The molecule has 2 nitrogen and oxygen atoms in total. The molecule has 0 bridgehead atoms. The maximum atomic E-state index is 11.9. The van der Waals surface area contributed by atoms with E-state index in [1.807, 2.05) is 18.2 Å². The summed E-state index contributed by atoms with van der Waals surface area (Å²) in [6.07, 6.45) is 0.876. The SMILES string of the molecule is Cc1ccc(C)c(SCC(=O)NCCc2ccccc2)c1. The number of carbonyl (C=O) groups is 1. The van der Waals surface area contributed by atoms with Gasteiger partial charge in [-0.1, -0.05) is 48.0 Å². The minimum absolute atomic E-state index is 0.0943. The van der Waals surface area contributed by atoms with E-state index in [1.165, 1.54) is 21.6 Å². The quantitative estimate of drug-likeness (QED) is 0.823. The fourth-order valence-electron chi connectivity index (χ4n) is 2.05. The average molecular weight is 299 g/mol. The molecular formula is C18H21NOS. The molecule has 2 aromatic carbocycles. The molecule has 1 N–H and O–H groups in total. The summed E-state index contributed by atoms with van der Waals surface area (Å²) in [6, 6.07) is 16.5. The van der Waals surface area contributed by atoms with Crippen LogP contribution in [0.3, 0.4) is 0 Å². The van der Waals surface area contributed by atoms with E-state index in [2.05, 4.69) is 49.5 Å². The molecule has 21 heavy (non-hydrogen) atoms. The first kappa shape index (κ1) is 15.6. The van der Waals surface area contributed by atoms with E-state index in [0.717, 1.165) is 6.42 Å². The molecular weight excluding hydrogens is 278 g/mol. The van der Waals surface area contributed by atoms with Gasteiger partial charge in [0.15, 0.2) is 0 Å². The summed E-state index contributed by atoms with van der Waals surface area (Å²) < 4.78 is 0. The molecule has 0 unspecified atom stereocenters. The molecule has 110 valence electrons. The second-order valence-electron chi connectivity index (χ2n) is 5.14. The van der Waals surface area contributed by atoms with Gasteiger partial charge in [0.1, 0.15) is 0 Å². The molecule has 0 aliphatic carbocycles. The fourth-order valence-corrected chi connectivity index (χ4v) is 3.00. The highest BCUT2D eigenvalue weighted by atomic mass is 32.2. The number of rotatable bonds is 6. The number of carbonyl (C=O) groups excluding carboxylic acids is 1. The first-order valence-electron chi connectivity index (χ1n) is 7.16. The van der Waals surface area contributed by atoms with E-state index in [-0.39, 0.29) is 5.91 Å². The normalized spacial score (nSPS) is 10.4. The number of nitrogens with one attached hydrogen (secondary N) is 1. The first-order valence-corrected chi connectivity index (χ1v) is 8.14. The van der Waals surface area contributed by atoms with Gasteiger partial charge in [0.25, 0.3) is 0 Å². The van der Waals surface area contributed by atoms with Crippen LogP contribution in [0.25, 0.3) is 0 Å². The van der Waals surface area contributed by atoms with Gasteiger partial charge in [0.05, 0.1) is 5.75 Å². The number of benzene rings is 2. The second kappa shape index (κ2) is 7.89. The molecule has 0 fully saturated rings. The van der Waals surface area contributed by atoms with Gasteiger partial charge in [-0.15, -0.1) is 11.8 Å². The summed E-state index contributed by atoms with van der Waals surface area (Å²) in [5, 5.41) is 2.98. The van der Waals surface area contributed by atoms with Crippen molar-refractivity contribution in [3.8, 4) is 0 Å². The Morgan fingerprint density at radius 1 is 1.10 bits per heavy atom. The number of aryl methyl sites for hydroxylation is 2. The monoisotopic (exact) mass is 299 g/mol. The molecule has 3 heteroatoms. The average Bonchev–Trinajstić information content (AvgIpc) is 2.49. The summed E-state index contributed by atoms with van der Waals surface area (Å²) in [4.78, 5) is 13.1. The summed E-state index contributed by atoms with van der Waals surface area (Å²) >= 11 is 1.60. The van der Waals surface area contributed by atoms with Crippen LogP contribution in [-0.2, 0) is 11.2 Å². The van der Waals surface area contributed by atoms with Crippen LogP contribution < -0.4 is 5.32 Å². The van der Waals surface area contributed by atoms with E-state index < -0.39 is 0 Å². The van der Waals surface area contributed by atoms with Gasteiger partial charge < -0.3 is 5.32 Å². The molecule has 0 aliphatic heterocycles. The minimum Gasteiger partial charge on any atom is -0.355 e. The van der Waals surface area contributed by atoms with Gasteiger partial charge in [0.2, 0.25) is 5.91 Å². The van der Waals surface area contributed by atoms with Gasteiger partial charge in [-0.3, -0.25) is 4.79 Å². The predicted molar refractivity (Wildman–Crippen MR) is 89.8 cm³/mol. The van der Waals surface area contributed by atoms with Crippen molar-refractivity contribution in [2.24, 2.45) is 0 Å². The third-order valence-corrected chi connectivity index (χ3v) is 4.44. The van der Waals surface area contributed by atoms with Crippen molar-refractivity contribution < 1.29 is 4.79 Å². The summed E-state index contributed by atoms with van der Waals surface area (Å²) in [7, 11) is 0. The van der Waals surface area contributed by atoms with E-state index >= 15 is 0 Å². The van der Waals surface area contributed by atoms with E-state index in [1.54, 1.807) is 11.8 Å². The number of amides is 1. The Bertz CT molecular complexity index is 595. The van der Waals surface area contributed by atoms with Crippen molar-refractivity contribution in [3.63, 3.8) is 0 Å². The van der Waals surface area contributed by atoms with E-state index in [0.29, 0.717) is 12.3 Å². The number of hydrogen-bond donors (Lipinski definition) is 1. The third-order valence-electron chi connectivity index (χ3n) is 3.28. The van der Waals surface area contributed by atoms with Crippen molar-refractivity contribution in [2.45, 2.75) is 25.2 Å². The molecule has 0 aliphatic rings. The maximum Gasteiger partial charge on any atom is 0.230 e. The molecule has 0 radical (unpaired) electrons. The molecule has 0 saturated heterocycles. The zero-order chi connectivity index (χ0) is 15.1. The largest absolute Gasteiger partial charge is 0.355 e. The van der Waals surface area contributed by atoms with Gasteiger partial charge in [-0.2, -0.15) is 0 Å². The van der Waals surface area contributed by atoms with Crippen LogP contribution in [-0.4, -0.2) is 18.2 Å². The van der Waals surface area contributed by atoms with Gasteiger partial charge in [0, 0.05) is 11.4 Å². The Kier molecular flexibility index (Phi) is 5.88. The van der Waals surface area contributed by atoms with E-state index in [4.69, 9.17) is 0 Å². The van der Waals surface area contributed by atoms with Crippen molar-refractivity contribution in [2.75, 3.05) is 12.3 Å². The lowest BCUT2D eigenvalue weighted by Gasteiger charge is -2.08. The Morgan fingerprint density at radius 2 is 1.86 bits per heavy atom. The van der Waals surface area contributed by atoms with Crippen molar-refractivity contribution in [3.05, 3.63) is 65.2 Å². The summed E-state index contributed by atoms with van der Waals surface area (Å²) in [5.74, 6) is 0.566. The maximum absolute atomic E-state index is 11.9. The Hall–Kier alpha value is -1.74. The van der Waals surface area contributed by atoms with Crippen LogP contribution >= 0.6 is 11.8 Å². The molecule has 0 aromatic heterocycles. The Balaban J connectivity index is 1.74. The van der Waals surface area contributed by atoms with Crippen LogP contribution in [0.1, 0.15) is 16.7 Å². The number of hydrogen-bond acceptors (Lipinski definition) is 2. The van der Waals surface area contributed by atoms with Gasteiger partial charge in [-0.25, -0.2) is 0 Å². The molecule has 2 aromatic rings. The van der Waals surface area contributed by atoms with Crippen LogP contribution in [0.5, 0.6) is 0 Å². The van der Waals surface area contributed by atoms with Crippen LogP contribution in [0.2, 0.25) is 0 Å². The molecule has 0 heterocycles. The zero-order valence-corrected chi connectivity index (χ0v) is 13.4. The van der Waals surface area contributed by atoms with Gasteiger partial charge in [-0.05, 0) is 37.5 Å². The molecule has 0 saturated carbocycles. The topological polar surface area (TPSA) is 29.1 Å². The third kappa shape index (κ3) is 5.27. The van der Waals surface area contributed by atoms with Crippen molar-refractivity contribution >= 4 is 17.7 Å². The smallest absolute Gasteiger partial charge is 0.230 e. The lowest BCUT2D eigenvalue weighted by Crippen LogP contribution is -2.27.